The highest BCUT2D eigenvalue weighted by atomic mass is 79.9. The van der Waals surface area contributed by atoms with E-state index in [4.69, 9.17) is 10.2 Å². The summed E-state index contributed by atoms with van der Waals surface area (Å²) in [5.41, 5.74) is 6.79. The molecule has 1 atom stereocenters. The van der Waals surface area contributed by atoms with E-state index in [0.717, 1.165) is 0 Å². The molecular weight excluding hydrogens is 328 g/mol. The first-order valence-electron chi connectivity index (χ1n) is 5.95. The van der Waals surface area contributed by atoms with Crippen LogP contribution in [0.3, 0.4) is 0 Å². The van der Waals surface area contributed by atoms with Crippen LogP contribution in [0.2, 0.25) is 0 Å². The topological polar surface area (TPSA) is 39.2 Å². The van der Waals surface area contributed by atoms with Gasteiger partial charge in [0.25, 0.3) is 0 Å². The molecule has 0 aliphatic rings. The molecule has 2 aromatic carbocycles. The molecular formula is C15H10BrF2NO. The van der Waals surface area contributed by atoms with Gasteiger partial charge >= 0.3 is 0 Å². The monoisotopic (exact) mass is 337 g/mol. The zero-order valence-electron chi connectivity index (χ0n) is 10.2. The van der Waals surface area contributed by atoms with E-state index >= 15 is 0 Å². The third kappa shape index (κ3) is 2.13. The fourth-order valence-corrected chi connectivity index (χ4v) is 2.63. The molecule has 0 radical (unpaired) electrons. The summed E-state index contributed by atoms with van der Waals surface area (Å²) in [5.74, 6) is -0.462. The zero-order chi connectivity index (χ0) is 14.3. The lowest BCUT2D eigenvalue weighted by atomic mass is 10.1. The third-order valence-corrected chi connectivity index (χ3v) is 3.97. The molecule has 0 saturated carbocycles. The largest absolute Gasteiger partial charge is 0.456 e. The second kappa shape index (κ2) is 5.00. The van der Waals surface area contributed by atoms with Gasteiger partial charge in [0.1, 0.15) is 11.6 Å². The number of benzene rings is 2. The van der Waals surface area contributed by atoms with Crippen LogP contribution in [0.15, 0.2) is 51.4 Å². The zero-order valence-corrected chi connectivity index (χ0v) is 11.8. The van der Waals surface area contributed by atoms with E-state index in [0.29, 0.717) is 16.7 Å². The first-order chi connectivity index (χ1) is 9.58. The molecule has 2 nitrogen and oxygen atoms in total. The Labute approximate surface area is 122 Å². The van der Waals surface area contributed by atoms with E-state index in [2.05, 4.69) is 15.9 Å². The predicted octanol–water partition coefficient (Wildman–Crippen LogP) is 4.52. The number of rotatable bonds is 2. The van der Waals surface area contributed by atoms with Crippen LogP contribution < -0.4 is 5.73 Å². The molecule has 0 amide bonds. The highest BCUT2D eigenvalue weighted by Gasteiger charge is 2.19. The molecule has 20 heavy (non-hydrogen) atoms. The van der Waals surface area contributed by atoms with Gasteiger partial charge in [-0.25, -0.2) is 8.78 Å². The quantitative estimate of drug-likeness (QED) is 0.746. The van der Waals surface area contributed by atoms with Crippen LogP contribution in [-0.2, 0) is 0 Å². The lowest BCUT2D eigenvalue weighted by molar-refractivity contribution is 0.500. The van der Waals surface area contributed by atoms with Crippen molar-refractivity contribution in [3.8, 4) is 0 Å². The summed E-state index contributed by atoms with van der Waals surface area (Å²) in [5, 5.41) is 0.628. The first kappa shape index (κ1) is 13.3. The number of halogens is 3. The van der Waals surface area contributed by atoms with Crippen molar-refractivity contribution in [2.45, 2.75) is 6.04 Å². The maximum absolute atomic E-state index is 13.6. The molecule has 0 aliphatic heterocycles. The fraction of sp³-hybridized carbons (Fsp3) is 0.0667. The summed E-state index contributed by atoms with van der Waals surface area (Å²) in [7, 11) is 0. The van der Waals surface area contributed by atoms with E-state index in [-0.39, 0.29) is 10.1 Å². The summed E-state index contributed by atoms with van der Waals surface area (Å²) in [4.78, 5) is 0. The van der Waals surface area contributed by atoms with Crippen LogP contribution in [0.4, 0.5) is 8.78 Å². The number of furan rings is 1. The van der Waals surface area contributed by atoms with Crippen molar-refractivity contribution in [2.24, 2.45) is 5.73 Å². The number of nitrogens with two attached hydrogens (primary N) is 1. The van der Waals surface area contributed by atoms with Crippen molar-refractivity contribution in [3.63, 3.8) is 0 Å². The van der Waals surface area contributed by atoms with Crippen LogP contribution >= 0.6 is 15.9 Å². The Hall–Kier alpha value is -1.72. The average Bonchev–Trinajstić information content (AvgIpc) is 2.87. The fourth-order valence-electron chi connectivity index (χ4n) is 2.11. The SMILES string of the molecule is NC(c1cc2cccc(F)c2o1)c1cccc(F)c1Br. The van der Waals surface area contributed by atoms with Gasteiger partial charge in [0.2, 0.25) is 0 Å². The predicted molar refractivity (Wildman–Crippen MR) is 76.3 cm³/mol. The first-order valence-corrected chi connectivity index (χ1v) is 6.74. The van der Waals surface area contributed by atoms with Crippen LogP contribution in [0.25, 0.3) is 11.0 Å². The van der Waals surface area contributed by atoms with Crippen molar-refractivity contribution < 1.29 is 13.2 Å². The molecule has 0 saturated heterocycles. The summed E-state index contributed by atoms with van der Waals surface area (Å²) < 4.78 is 32.9. The van der Waals surface area contributed by atoms with Gasteiger partial charge in [-0.2, -0.15) is 0 Å². The summed E-state index contributed by atoms with van der Waals surface area (Å²) in [6.45, 7) is 0. The van der Waals surface area contributed by atoms with E-state index in [1.165, 1.54) is 12.1 Å². The van der Waals surface area contributed by atoms with Gasteiger partial charge < -0.3 is 10.2 Å². The molecule has 0 aliphatic carbocycles. The Kier molecular flexibility index (Phi) is 3.31. The number of hydrogen-bond acceptors (Lipinski definition) is 2. The molecule has 1 aromatic heterocycles. The minimum Gasteiger partial charge on any atom is -0.456 e. The minimum atomic E-state index is -0.674. The maximum atomic E-state index is 13.6. The molecule has 1 heterocycles. The van der Waals surface area contributed by atoms with E-state index in [9.17, 15) is 8.78 Å². The normalized spacial score (nSPS) is 12.8. The summed E-state index contributed by atoms with van der Waals surface area (Å²) in [6.07, 6.45) is 0. The average molecular weight is 338 g/mol. The van der Waals surface area contributed by atoms with Gasteiger partial charge in [-0.3, -0.25) is 0 Å². The standard InChI is InChI=1S/C15H10BrF2NO/c16-13-9(4-2-5-10(13)17)14(19)12-7-8-3-1-6-11(18)15(8)20-12/h1-7,14H,19H2. The van der Waals surface area contributed by atoms with Crippen LogP contribution in [0.1, 0.15) is 17.4 Å². The molecule has 5 heteroatoms. The summed E-state index contributed by atoms with van der Waals surface area (Å²) in [6, 6.07) is 10.2. The highest BCUT2D eigenvalue weighted by Crippen LogP contribution is 2.32. The highest BCUT2D eigenvalue weighted by molar-refractivity contribution is 9.10. The third-order valence-electron chi connectivity index (χ3n) is 3.14. The molecule has 0 spiro atoms. The minimum absolute atomic E-state index is 0.158. The van der Waals surface area contributed by atoms with E-state index < -0.39 is 17.7 Å². The lowest BCUT2D eigenvalue weighted by Gasteiger charge is -2.11. The maximum Gasteiger partial charge on any atom is 0.169 e. The molecule has 3 aromatic rings. The van der Waals surface area contributed by atoms with Gasteiger partial charge in [0.15, 0.2) is 11.4 Å². The Bertz CT molecular complexity index is 785. The molecule has 1 unspecified atom stereocenters. The van der Waals surface area contributed by atoms with Gasteiger partial charge in [0.05, 0.1) is 10.5 Å². The van der Waals surface area contributed by atoms with Gasteiger partial charge in [-0.1, -0.05) is 24.3 Å². The van der Waals surface area contributed by atoms with Crippen molar-refractivity contribution in [1.82, 2.24) is 0 Å². The van der Waals surface area contributed by atoms with Crippen molar-refractivity contribution in [1.29, 1.82) is 0 Å². The van der Waals surface area contributed by atoms with E-state index in [1.54, 1.807) is 30.3 Å². The Morgan fingerprint density at radius 1 is 1.05 bits per heavy atom. The Morgan fingerprint density at radius 2 is 1.75 bits per heavy atom. The number of para-hydroxylation sites is 1. The number of fused-ring (bicyclic) bond motifs is 1. The molecule has 3 rings (SSSR count). The van der Waals surface area contributed by atoms with Gasteiger partial charge in [-0.05, 0) is 39.7 Å². The van der Waals surface area contributed by atoms with Gasteiger partial charge in [0, 0.05) is 5.39 Å². The van der Waals surface area contributed by atoms with Crippen LogP contribution in [-0.4, -0.2) is 0 Å². The van der Waals surface area contributed by atoms with Crippen molar-refractivity contribution >= 4 is 26.9 Å². The number of hydrogen-bond donors (Lipinski definition) is 1. The Morgan fingerprint density at radius 3 is 2.50 bits per heavy atom. The van der Waals surface area contributed by atoms with Crippen molar-refractivity contribution in [2.75, 3.05) is 0 Å². The lowest BCUT2D eigenvalue weighted by Crippen LogP contribution is -2.12. The second-order valence-electron chi connectivity index (χ2n) is 4.43. The Balaban J connectivity index is 2.10. The van der Waals surface area contributed by atoms with E-state index in [1.807, 2.05) is 0 Å². The smallest absolute Gasteiger partial charge is 0.169 e. The molecule has 102 valence electrons. The van der Waals surface area contributed by atoms with Crippen LogP contribution in [0.5, 0.6) is 0 Å². The summed E-state index contributed by atoms with van der Waals surface area (Å²) >= 11 is 3.17. The van der Waals surface area contributed by atoms with Crippen molar-refractivity contribution in [3.05, 3.63) is 69.9 Å². The molecule has 0 fully saturated rings. The molecule has 2 N–H and O–H groups in total. The van der Waals surface area contributed by atoms with Crippen LogP contribution in [0, 0.1) is 11.6 Å². The molecule has 0 bridgehead atoms. The van der Waals surface area contributed by atoms with Gasteiger partial charge in [-0.15, -0.1) is 0 Å². The second-order valence-corrected chi connectivity index (χ2v) is 5.22.